The van der Waals surface area contributed by atoms with Gasteiger partial charge in [0.05, 0.1) is 48.5 Å². The lowest BCUT2D eigenvalue weighted by Gasteiger charge is -2.28. The van der Waals surface area contributed by atoms with Crippen LogP contribution >= 0.6 is 0 Å². The number of fused-ring (bicyclic) bond motifs is 2. The highest BCUT2D eigenvalue weighted by molar-refractivity contribution is 5.95. The molecule has 0 atom stereocenters. The van der Waals surface area contributed by atoms with Gasteiger partial charge in [-0.1, -0.05) is 0 Å². The molecule has 0 bridgehead atoms. The second kappa shape index (κ2) is 6.86. The summed E-state index contributed by atoms with van der Waals surface area (Å²) in [6.45, 7) is 3.15. The van der Waals surface area contributed by atoms with Crippen LogP contribution < -0.4 is 4.90 Å². The second-order valence-corrected chi connectivity index (χ2v) is 8.34. The van der Waals surface area contributed by atoms with Gasteiger partial charge in [0.15, 0.2) is 11.5 Å². The van der Waals surface area contributed by atoms with E-state index in [1.165, 1.54) is 12.8 Å². The lowest BCUT2D eigenvalue weighted by molar-refractivity contribution is 0.123. The number of hydrogen-bond donors (Lipinski definition) is 2. The molecule has 1 saturated carbocycles. The summed E-state index contributed by atoms with van der Waals surface area (Å²) < 4.78 is 7.54. The molecule has 160 valence electrons. The van der Waals surface area contributed by atoms with Crippen molar-refractivity contribution in [3.63, 3.8) is 0 Å². The Kier molecular flexibility index (Phi) is 3.82. The van der Waals surface area contributed by atoms with E-state index in [0.717, 1.165) is 65.4 Å². The number of aromatic amines is 2. The molecule has 10 heteroatoms. The van der Waals surface area contributed by atoms with E-state index in [4.69, 9.17) is 9.72 Å². The van der Waals surface area contributed by atoms with Crippen molar-refractivity contribution in [3.8, 4) is 22.8 Å². The maximum absolute atomic E-state index is 5.50. The Morgan fingerprint density at radius 1 is 1.09 bits per heavy atom. The Morgan fingerprint density at radius 2 is 2.00 bits per heavy atom. The molecule has 32 heavy (non-hydrogen) atoms. The van der Waals surface area contributed by atoms with Crippen LogP contribution in [0.3, 0.4) is 0 Å². The third-order valence-electron chi connectivity index (χ3n) is 6.21. The summed E-state index contributed by atoms with van der Waals surface area (Å²) in [5.41, 5.74) is 6.18. The number of rotatable bonds is 4. The molecule has 0 unspecified atom stereocenters. The molecule has 2 fully saturated rings. The molecule has 2 N–H and O–H groups in total. The molecule has 0 radical (unpaired) electrons. The van der Waals surface area contributed by atoms with Crippen LogP contribution in [0.25, 0.3) is 44.8 Å². The maximum atomic E-state index is 5.50. The summed E-state index contributed by atoms with van der Waals surface area (Å²) in [6.07, 6.45) is 9.98. The van der Waals surface area contributed by atoms with E-state index >= 15 is 0 Å². The number of imidazole rings is 1. The molecular formula is C22H21N9O. The molecule has 1 aliphatic heterocycles. The number of H-pyrrole nitrogens is 2. The van der Waals surface area contributed by atoms with Gasteiger partial charge in [0.1, 0.15) is 11.2 Å². The number of pyridine rings is 2. The lowest BCUT2D eigenvalue weighted by Crippen LogP contribution is -2.36. The van der Waals surface area contributed by atoms with Gasteiger partial charge in [-0.3, -0.25) is 14.8 Å². The van der Waals surface area contributed by atoms with E-state index in [1.807, 2.05) is 29.2 Å². The van der Waals surface area contributed by atoms with Gasteiger partial charge in [-0.25, -0.2) is 9.97 Å². The molecule has 1 saturated heterocycles. The number of anilines is 1. The van der Waals surface area contributed by atoms with Crippen LogP contribution in [-0.4, -0.2) is 66.2 Å². The van der Waals surface area contributed by atoms with Crippen LogP contribution in [0, 0.1) is 0 Å². The topological polar surface area (TPSA) is 113 Å². The first-order valence-electron chi connectivity index (χ1n) is 10.9. The summed E-state index contributed by atoms with van der Waals surface area (Å²) in [4.78, 5) is 19.6. The van der Waals surface area contributed by atoms with Gasteiger partial charge in [-0.15, -0.1) is 0 Å². The van der Waals surface area contributed by atoms with Crippen molar-refractivity contribution in [1.29, 1.82) is 0 Å². The highest BCUT2D eigenvalue weighted by atomic mass is 16.5. The number of nitrogens with zero attached hydrogens (tertiary/aromatic N) is 7. The van der Waals surface area contributed by atoms with E-state index in [0.29, 0.717) is 17.5 Å². The largest absolute Gasteiger partial charge is 0.378 e. The fourth-order valence-electron chi connectivity index (χ4n) is 4.34. The average molecular weight is 427 g/mol. The Labute approximate surface area is 182 Å². The molecule has 2 aliphatic rings. The van der Waals surface area contributed by atoms with Crippen molar-refractivity contribution in [3.05, 3.63) is 36.9 Å². The highest BCUT2D eigenvalue weighted by Crippen LogP contribution is 2.36. The van der Waals surface area contributed by atoms with Crippen molar-refractivity contribution < 1.29 is 4.74 Å². The van der Waals surface area contributed by atoms with Crippen molar-refractivity contribution >= 4 is 27.8 Å². The molecule has 10 nitrogen and oxygen atoms in total. The van der Waals surface area contributed by atoms with Gasteiger partial charge < -0.3 is 14.6 Å². The van der Waals surface area contributed by atoms with Gasteiger partial charge in [0.2, 0.25) is 0 Å². The van der Waals surface area contributed by atoms with Gasteiger partial charge in [-0.2, -0.15) is 10.2 Å². The zero-order chi connectivity index (χ0) is 21.1. The number of morpholine rings is 1. The summed E-state index contributed by atoms with van der Waals surface area (Å²) >= 11 is 0. The third kappa shape index (κ3) is 2.87. The zero-order valence-electron chi connectivity index (χ0n) is 17.3. The van der Waals surface area contributed by atoms with E-state index in [2.05, 4.69) is 41.3 Å². The van der Waals surface area contributed by atoms with Crippen LogP contribution in [0.5, 0.6) is 0 Å². The Morgan fingerprint density at radius 3 is 2.88 bits per heavy atom. The molecule has 0 spiro atoms. The minimum absolute atomic E-state index is 0.542. The average Bonchev–Trinajstić information content (AvgIpc) is 3.24. The minimum atomic E-state index is 0.542. The third-order valence-corrected chi connectivity index (χ3v) is 6.21. The minimum Gasteiger partial charge on any atom is -0.378 e. The van der Waals surface area contributed by atoms with Crippen LogP contribution in [0.1, 0.15) is 18.9 Å². The quantitative estimate of drug-likeness (QED) is 0.453. The lowest BCUT2D eigenvalue weighted by atomic mass is 10.1. The molecule has 0 aromatic carbocycles. The summed E-state index contributed by atoms with van der Waals surface area (Å²) in [7, 11) is 0. The zero-order valence-corrected chi connectivity index (χ0v) is 17.3. The van der Waals surface area contributed by atoms with E-state index in [1.54, 1.807) is 6.20 Å². The van der Waals surface area contributed by atoms with Crippen molar-refractivity contribution in [2.45, 2.75) is 18.9 Å². The molecule has 5 aromatic rings. The molecule has 7 rings (SSSR count). The van der Waals surface area contributed by atoms with Crippen LogP contribution in [0.4, 0.5) is 5.69 Å². The van der Waals surface area contributed by atoms with E-state index < -0.39 is 0 Å². The first-order valence-corrected chi connectivity index (χ1v) is 10.9. The van der Waals surface area contributed by atoms with Crippen LogP contribution in [0.2, 0.25) is 0 Å². The van der Waals surface area contributed by atoms with Gasteiger partial charge >= 0.3 is 0 Å². The molecule has 0 amide bonds. The maximum Gasteiger partial charge on any atom is 0.180 e. The molecule has 6 heterocycles. The van der Waals surface area contributed by atoms with Crippen LogP contribution in [0.15, 0.2) is 36.9 Å². The summed E-state index contributed by atoms with van der Waals surface area (Å²) in [5, 5.41) is 13.1. The fraction of sp³-hybridized carbons (Fsp3) is 0.318. The van der Waals surface area contributed by atoms with Gasteiger partial charge in [0.25, 0.3) is 0 Å². The predicted octanol–water partition coefficient (Wildman–Crippen LogP) is 2.93. The number of aromatic nitrogens is 8. The SMILES string of the molecule is c1cc(N2CCOCC2)c2[nH]c(-c3n[nH]c4cnc(-c5cnn(C6CC6)c5)cc34)nc2n1. The fourth-order valence-corrected chi connectivity index (χ4v) is 4.34. The molecule has 1 aliphatic carbocycles. The molecular weight excluding hydrogens is 406 g/mol. The number of hydrogen-bond acceptors (Lipinski definition) is 7. The van der Waals surface area contributed by atoms with Crippen molar-refractivity contribution in [2.75, 3.05) is 31.2 Å². The van der Waals surface area contributed by atoms with Crippen molar-refractivity contribution in [2.24, 2.45) is 0 Å². The van der Waals surface area contributed by atoms with Gasteiger partial charge in [-0.05, 0) is 25.0 Å². The Bertz CT molecular complexity index is 1440. The summed E-state index contributed by atoms with van der Waals surface area (Å²) in [6, 6.07) is 4.62. The Balaban J connectivity index is 1.31. The van der Waals surface area contributed by atoms with Crippen LogP contribution in [-0.2, 0) is 4.74 Å². The first-order chi connectivity index (χ1) is 15.8. The van der Waals surface area contributed by atoms with E-state index in [-0.39, 0.29) is 0 Å². The number of ether oxygens (including phenoxy) is 1. The standard InChI is InChI=1S/C22H21N9O/c1-2-14(1)31-12-13(10-25-31)16-9-15-17(11-24-16)28-29-19(15)22-26-20-18(3-4-23-21(20)27-22)30-5-7-32-8-6-30/h3-4,9-12,14H,1-2,5-8H2,(H,28,29)(H,23,26,27). The normalized spacial score (nSPS) is 16.9. The van der Waals surface area contributed by atoms with E-state index in [9.17, 15) is 0 Å². The van der Waals surface area contributed by atoms with Crippen molar-refractivity contribution in [1.82, 2.24) is 39.9 Å². The second-order valence-electron chi connectivity index (χ2n) is 8.34. The monoisotopic (exact) mass is 427 g/mol. The smallest absolute Gasteiger partial charge is 0.180 e. The van der Waals surface area contributed by atoms with Gasteiger partial charge in [0, 0.05) is 36.4 Å². The Hall–Kier alpha value is -3.79. The number of nitrogens with one attached hydrogen (secondary N) is 2. The first kappa shape index (κ1) is 17.8. The predicted molar refractivity (Wildman–Crippen MR) is 119 cm³/mol. The highest BCUT2D eigenvalue weighted by Gasteiger charge is 2.25. The molecule has 5 aromatic heterocycles. The summed E-state index contributed by atoms with van der Waals surface area (Å²) in [5.74, 6) is 0.685.